The Morgan fingerprint density at radius 3 is 3.08 bits per heavy atom. The zero-order valence-corrected chi connectivity index (χ0v) is 7.47. The van der Waals surface area contributed by atoms with Crippen LogP contribution in [0.15, 0.2) is 18.3 Å². The van der Waals surface area contributed by atoms with Gasteiger partial charge in [-0.3, -0.25) is 0 Å². The van der Waals surface area contributed by atoms with Gasteiger partial charge in [-0.15, -0.1) is 0 Å². The number of ether oxygens (including phenoxy) is 1. The van der Waals surface area contributed by atoms with Gasteiger partial charge in [0.15, 0.2) is 0 Å². The highest BCUT2D eigenvalue weighted by molar-refractivity contribution is 5.03. The van der Waals surface area contributed by atoms with Gasteiger partial charge in [0.05, 0.1) is 13.2 Å². The molecule has 0 saturated carbocycles. The van der Waals surface area contributed by atoms with Crippen LogP contribution < -0.4 is 5.32 Å². The molecular weight excluding hydrogens is 152 g/mol. The van der Waals surface area contributed by atoms with Crippen molar-refractivity contribution in [2.45, 2.75) is 6.42 Å². The topological polar surface area (TPSA) is 37.0 Å². The maximum Gasteiger partial charge on any atom is 0.0590 e. The molecule has 68 valence electrons. The van der Waals surface area contributed by atoms with Crippen LogP contribution in [0.25, 0.3) is 0 Å². The Hall–Kier alpha value is -0.800. The second kappa shape index (κ2) is 5.80. The monoisotopic (exact) mass is 168 g/mol. The third-order valence-corrected chi connectivity index (χ3v) is 1.67. The van der Waals surface area contributed by atoms with Crippen molar-refractivity contribution in [3.8, 4) is 0 Å². The molecule has 0 aliphatic heterocycles. The van der Waals surface area contributed by atoms with Crippen LogP contribution in [0.2, 0.25) is 0 Å². The average Bonchev–Trinajstić information content (AvgIpc) is 2.57. The van der Waals surface area contributed by atoms with Crippen LogP contribution in [-0.4, -0.2) is 31.8 Å². The second-order valence-electron chi connectivity index (χ2n) is 2.66. The van der Waals surface area contributed by atoms with Crippen molar-refractivity contribution >= 4 is 0 Å². The van der Waals surface area contributed by atoms with Crippen molar-refractivity contribution < 1.29 is 4.74 Å². The number of aromatic amines is 1. The summed E-state index contributed by atoms with van der Waals surface area (Å²) in [4.78, 5) is 3.13. The molecule has 0 radical (unpaired) electrons. The molecular formula is C9H16N2O. The van der Waals surface area contributed by atoms with Gasteiger partial charge < -0.3 is 15.0 Å². The number of hydrogen-bond acceptors (Lipinski definition) is 2. The lowest BCUT2D eigenvalue weighted by Gasteiger charge is -2.01. The van der Waals surface area contributed by atoms with Gasteiger partial charge in [0.1, 0.15) is 0 Å². The molecule has 0 aliphatic carbocycles. The standard InChI is InChI=1S/C9H16N2O/c1-10-6-8-12-7-4-9-3-2-5-11-9/h2-3,5,10-11H,4,6-8H2,1H3. The van der Waals surface area contributed by atoms with Crippen LogP contribution in [-0.2, 0) is 11.2 Å². The predicted octanol–water partition coefficient (Wildman–Crippen LogP) is 0.793. The number of aromatic nitrogens is 1. The number of rotatable bonds is 6. The van der Waals surface area contributed by atoms with Gasteiger partial charge in [0, 0.05) is 24.9 Å². The van der Waals surface area contributed by atoms with Crippen molar-refractivity contribution in [2.24, 2.45) is 0 Å². The Bertz CT molecular complexity index is 184. The molecule has 1 heterocycles. The van der Waals surface area contributed by atoms with E-state index in [1.807, 2.05) is 19.3 Å². The molecule has 1 aromatic heterocycles. The first-order chi connectivity index (χ1) is 5.93. The van der Waals surface area contributed by atoms with E-state index >= 15 is 0 Å². The predicted molar refractivity (Wildman–Crippen MR) is 49.2 cm³/mol. The van der Waals surface area contributed by atoms with Crippen molar-refractivity contribution in [3.05, 3.63) is 24.0 Å². The van der Waals surface area contributed by atoms with E-state index in [0.29, 0.717) is 0 Å². The lowest BCUT2D eigenvalue weighted by Crippen LogP contribution is -2.15. The van der Waals surface area contributed by atoms with E-state index in [-0.39, 0.29) is 0 Å². The van der Waals surface area contributed by atoms with Gasteiger partial charge in [-0.1, -0.05) is 0 Å². The summed E-state index contributed by atoms with van der Waals surface area (Å²) in [7, 11) is 1.92. The zero-order valence-electron chi connectivity index (χ0n) is 7.47. The summed E-state index contributed by atoms with van der Waals surface area (Å²) in [5.41, 5.74) is 1.24. The third-order valence-electron chi connectivity index (χ3n) is 1.67. The fraction of sp³-hybridized carbons (Fsp3) is 0.556. The molecule has 0 bridgehead atoms. The van der Waals surface area contributed by atoms with Crippen LogP contribution >= 0.6 is 0 Å². The van der Waals surface area contributed by atoms with E-state index in [0.717, 1.165) is 26.2 Å². The van der Waals surface area contributed by atoms with Gasteiger partial charge in [-0.25, -0.2) is 0 Å². The van der Waals surface area contributed by atoms with Crippen LogP contribution in [0.5, 0.6) is 0 Å². The van der Waals surface area contributed by atoms with E-state index in [1.54, 1.807) is 0 Å². The lowest BCUT2D eigenvalue weighted by molar-refractivity contribution is 0.140. The number of likely N-dealkylation sites (N-methyl/N-ethyl adjacent to an activating group) is 1. The average molecular weight is 168 g/mol. The van der Waals surface area contributed by atoms with Crippen molar-refractivity contribution in [3.63, 3.8) is 0 Å². The molecule has 0 aliphatic rings. The summed E-state index contributed by atoms with van der Waals surface area (Å²) in [6.45, 7) is 2.50. The first kappa shape index (κ1) is 9.29. The highest BCUT2D eigenvalue weighted by Gasteiger charge is 1.91. The summed E-state index contributed by atoms with van der Waals surface area (Å²) < 4.78 is 5.36. The summed E-state index contributed by atoms with van der Waals surface area (Å²) in [6.07, 6.45) is 2.90. The number of nitrogens with one attached hydrogen (secondary N) is 2. The Morgan fingerprint density at radius 1 is 1.50 bits per heavy atom. The van der Waals surface area contributed by atoms with Gasteiger partial charge in [-0.05, 0) is 19.2 Å². The summed E-state index contributed by atoms with van der Waals surface area (Å²) in [6, 6.07) is 4.07. The molecule has 0 saturated heterocycles. The van der Waals surface area contributed by atoms with Crippen LogP contribution in [0.4, 0.5) is 0 Å². The Morgan fingerprint density at radius 2 is 2.42 bits per heavy atom. The lowest BCUT2D eigenvalue weighted by atomic mass is 10.3. The highest BCUT2D eigenvalue weighted by atomic mass is 16.5. The third kappa shape index (κ3) is 3.55. The van der Waals surface area contributed by atoms with Crippen molar-refractivity contribution in [1.29, 1.82) is 0 Å². The minimum atomic E-state index is 0.789. The molecule has 3 heteroatoms. The van der Waals surface area contributed by atoms with E-state index < -0.39 is 0 Å². The molecule has 3 nitrogen and oxygen atoms in total. The number of hydrogen-bond donors (Lipinski definition) is 2. The van der Waals surface area contributed by atoms with Crippen molar-refractivity contribution in [1.82, 2.24) is 10.3 Å². The quantitative estimate of drug-likeness (QED) is 0.616. The Balaban J connectivity index is 1.96. The smallest absolute Gasteiger partial charge is 0.0590 e. The maximum atomic E-state index is 5.36. The second-order valence-corrected chi connectivity index (χ2v) is 2.66. The fourth-order valence-corrected chi connectivity index (χ4v) is 0.981. The van der Waals surface area contributed by atoms with E-state index in [2.05, 4.69) is 16.4 Å². The Labute approximate surface area is 73.1 Å². The van der Waals surface area contributed by atoms with E-state index in [4.69, 9.17) is 4.74 Å². The van der Waals surface area contributed by atoms with Crippen LogP contribution in [0.3, 0.4) is 0 Å². The maximum absolute atomic E-state index is 5.36. The largest absolute Gasteiger partial charge is 0.380 e. The minimum absolute atomic E-state index is 0.789. The van der Waals surface area contributed by atoms with E-state index in [1.165, 1.54) is 5.69 Å². The summed E-state index contributed by atoms with van der Waals surface area (Å²) >= 11 is 0. The van der Waals surface area contributed by atoms with Gasteiger partial charge in [0.2, 0.25) is 0 Å². The minimum Gasteiger partial charge on any atom is -0.380 e. The van der Waals surface area contributed by atoms with Crippen LogP contribution in [0, 0.1) is 0 Å². The fourth-order valence-electron chi connectivity index (χ4n) is 0.981. The first-order valence-corrected chi connectivity index (χ1v) is 4.28. The van der Waals surface area contributed by atoms with Crippen LogP contribution in [0.1, 0.15) is 5.69 Å². The highest BCUT2D eigenvalue weighted by Crippen LogP contribution is 1.95. The Kier molecular flexibility index (Phi) is 4.49. The van der Waals surface area contributed by atoms with Crippen molar-refractivity contribution in [2.75, 3.05) is 26.8 Å². The van der Waals surface area contributed by atoms with Gasteiger partial charge >= 0.3 is 0 Å². The number of H-pyrrole nitrogens is 1. The molecule has 0 spiro atoms. The van der Waals surface area contributed by atoms with Gasteiger partial charge in [-0.2, -0.15) is 0 Å². The van der Waals surface area contributed by atoms with Gasteiger partial charge in [0.25, 0.3) is 0 Å². The normalized spacial score (nSPS) is 10.4. The molecule has 0 unspecified atom stereocenters. The molecule has 0 amide bonds. The molecule has 12 heavy (non-hydrogen) atoms. The first-order valence-electron chi connectivity index (χ1n) is 4.28. The summed E-state index contributed by atoms with van der Waals surface area (Å²) in [5.74, 6) is 0. The molecule has 1 rings (SSSR count). The molecule has 0 aromatic carbocycles. The van der Waals surface area contributed by atoms with E-state index in [9.17, 15) is 0 Å². The molecule has 1 aromatic rings. The molecule has 0 fully saturated rings. The molecule has 2 N–H and O–H groups in total. The zero-order chi connectivity index (χ0) is 8.65. The summed E-state index contributed by atoms with van der Waals surface area (Å²) in [5, 5.41) is 3.03. The SMILES string of the molecule is CNCCOCCc1ccc[nH]1. The molecule has 0 atom stereocenters.